The monoisotopic (exact) mass is 233 g/mol. The lowest BCUT2D eigenvalue weighted by molar-refractivity contribution is 0.468. The third kappa shape index (κ3) is 3.50. The fraction of sp³-hybridized carbons (Fsp3) is 0.571. The Balaban J connectivity index is 2.59. The molecule has 4 N–H and O–H groups in total. The molecule has 0 radical (unpaired) electrons. The van der Waals surface area contributed by atoms with Crippen molar-refractivity contribution in [3.63, 3.8) is 0 Å². The maximum atomic E-state index is 11.6. The fourth-order valence-corrected chi connectivity index (χ4v) is 1.90. The SMILES string of the molecule is CN(CCCN)S(=O)(=O)Nc1cn[nH]c1. The Kier molecular flexibility index (Phi) is 4.06. The molecule has 0 aliphatic rings. The third-order valence-electron chi connectivity index (χ3n) is 1.83. The van der Waals surface area contributed by atoms with Crippen LogP contribution in [0.25, 0.3) is 0 Å². The van der Waals surface area contributed by atoms with Gasteiger partial charge in [0.2, 0.25) is 0 Å². The molecule has 0 fully saturated rings. The molecule has 0 bridgehead atoms. The molecule has 0 saturated heterocycles. The molecule has 1 rings (SSSR count). The molecule has 0 aliphatic heterocycles. The molecule has 86 valence electrons. The molecule has 0 aromatic carbocycles. The van der Waals surface area contributed by atoms with Gasteiger partial charge < -0.3 is 5.73 Å². The zero-order valence-electron chi connectivity index (χ0n) is 8.47. The van der Waals surface area contributed by atoms with E-state index in [0.717, 1.165) is 0 Å². The summed E-state index contributed by atoms with van der Waals surface area (Å²) in [6.07, 6.45) is 3.49. The maximum absolute atomic E-state index is 11.6. The number of nitrogens with zero attached hydrogens (tertiary/aromatic N) is 2. The predicted octanol–water partition coefficient (Wildman–Crippen LogP) is -0.653. The quantitative estimate of drug-likeness (QED) is 0.607. The second-order valence-corrected chi connectivity index (χ2v) is 4.84. The summed E-state index contributed by atoms with van der Waals surface area (Å²) in [6, 6.07) is 0. The molecule has 0 amide bonds. The van der Waals surface area contributed by atoms with E-state index in [9.17, 15) is 8.42 Å². The van der Waals surface area contributed by atoms with Gasteiger partial charge in [-0.3, -0.25) is 9.82 Å². The van der Waals surface area contributed by atoms with E-state index in [-0.39, 0.29) is 0 Å². The molecular formula is C7H15N5O2S. The highest BCUT2D eigenvalue weighted by atomic mass is 32.2. The van der Waals surface area contributed by atoms with Crippen molar-refractivity contribution in [2.24, 2.45) is 5.73 Å². The van der Waals surface area contributed by atoms with E-state index >= 15 is 0 Å². The molecule has 15 heavy (non-hydrogen) atoms. The van der Waals surface area contributed by atoms with E-state index < -0.39 is 10.2 Å². The van der Waals surface area contributed by atoms with Crippen LogP contribution in [0.2, 0.25) is 0 Å². The van der Waals surface area contributed by atoms with E-state index in [1.165, 1.54) is 23.7 Å². The van der Waals surface area contributed by atoms with Crippen LogP contribution in [-0.4, -0.2) is 43.1 Å². The van der Waals surface area contributed by atoms with E-state index in [1.54, 1.807) is 0 Å². The highest BCUT2D eigenvalue weighted by molar-refractivity contribution is 7.90. The highest BCUT2D eigenvalue weighted by Crippen LogP contribution is 2.07. The maximum Gasteiger partial charge on any atom is 0.301 e. The summed E-state index contributed by atoms with van der Waals surface area (Å²) >= 11 is 0. The van der Waals surface area contributed by atoms with Gasteiger partial charge in [-0.05, 0) is 13.0 Å². The number of rotatable bonds is 6. The van der Waals surface area contributed by atoms with Crippen LogP contribution >= 0.6 is 0 Å². The van der Waals surface area contributed by atoms with Gasteiger partial charge in [0, 0.05) is 19.8 Å². The Morgan fingerprint density at radius 3 is 2.93 bits per heavy atom. The topological polar surface area (TPSA) is 104 Å². The summed E-state index contributed by atoms with van der Waals surface area (Å²) in [5.74, 6) is 0. The van der Waals surface area contributed by atoms with Crippen molar-refractivity contribution in [1.82, 2.24) is 14.5 Å². The van der Waals surface area contributed by atoms with E-state index in [0.29, 0.717) is 25.2 Å². The van der Waals surface area contributed by atoms with Crippen LogP contribution in [0.15, 0.2) is 12.4 Å². The van der Waals surface area contributed by atoms with E-state index in [2.05, 4.69) is 14.9 Å². The van der Waals surface area contributed by atoms with Crippen LogP contribution in [0.1, 0.15) is 6.42 Å². The van der Waals surface area contributed by atoms with Gasteiger partial charge in [0.15, 0.2) is 0 Å². The Bertz CT molecular complexity index is 374. The van der Waals surface area contributed by atoms with Crippen molar-refractivity contribution in [3.8, 4) is 0 Å². The normalized spacial score (nSPS) is 11.9. The largest absolute Gasteiger partial charge is 0.330 e. The zero-order valence-corrected chi connectivity index (χ0v) is 9.29. The van der Waals surface area contributed by atoms with Crippen molar-refractivity contribution >= 4 is 15.9 Å². The van der Waals surface area contributed by atoms with Gasteiger partial charge >= 0.3 is 10.2 Å². The molecule has 7 nitrogen and oxygen atoms in total. The van der Waals surface area contributed by atoms with Crippen LogP contribution in [0.3, 0.4) is 0 Å². The molecule has 8 heteroatoms. The van der Waals surface area contributed by atoms with Gasteiger partial charge in [0.1, 0.15) is 0 Å². The summed E-state index contributed by atoms with van der Waals surface area (Å²) in [4.78, 5) is 0. The number of aromatic nitrogens is 2. The molecule has 0 saturated carbocycles. The van der Waals surface area contributed by atoms with Crippen LogP contribution in [0, 0.1) is 0 Å². The smallest absolute Gasteiger partial charge is 0.301 e. The molecule has 0 unspecified atom stereocenters. The minimum absolute atomic E-state index is 0.393. The minimum Gasteiger partial charge on any atom is -0.330 e. The average Bonchev–Trinajstić information content (AvgIpc) is 2.65. The first kappa shape index (κ1) is 12.0. The van der Waals surface area contributed by atoms with Crippen LogP contribution in [0.5, 0.6) is 0 Å². The van der Waals surface area contributed by atoms with Crippen molar-refractivity contribution in [3.05, 3.63) is 12.4 Å². The van der Waals surface area contributed by atoms with Gasteiger partial charge in [0.05, 0.1) is 11.9 Å². The fourth-order valence-electron chi connectivity index (χ4n) is 0.968. The minimum atomic E-state index is -3.49. The molecule has 0 spiro atoms. The first-order valence-corrected chi connectivity index (χ1v) is 5.93. The number of nitrogens with one attached hydrogen (secondary N) is 2. The van der Waals surface area contributed by atoms with Crippen LogP contribution in [-0.2, 0) is 10.2 Å². The molecule has 0 aliphatic carbocycles. The lowest BCUT2D eigenvalue weighted by Crippen LogP contribution is -2.33. The van der Waals surface area contributed by atoms with E-state index in [1.807, 2.05) is 0 Å². The second kappa shape index (κ2) is 5.10. The molecule has 1 heterocycles. The summed E-state index contributed by atoms with van der Waals surface area (Å²) in [7, 11) is -1.99. The molecule has 1 aromatic rings. The Labute approximate surface area is 88.8 Å². The summed E-state index contributed by atoms with van der Waals surface area (Å²) in [5.41, 5.74) is 5.71. The molecule has 1 aromatic heterocycles. The van der Waals surface area contributed by atoms with Crippen molar-refractivity contribution in [2.45, 2.75) is 6.42 Å². The van der Waals surface area contributed by atoms with Crippen molar-refractivity contribution < 1.29 is 8.42 Å². The van der Waals surface area contributed by atoms with Crippen LogP contribution in [0.4, 0.5) is 5.69 Å². The number of hydrogen-bond donors (Lipinski definition) is 3. The summed E-state index contributed by atoms with van der Waals surface area (Å²) in [5, 5.41) is 6.16. The number of anilines is 1. The number of nitrogens with two attached hydrogens (primary N) is 1. The molecular weight excluding hydrogens is 218 g/mol. The molecule has 0 atom stereocenters. The summed E-state index contributed by atoms with van der Waals surface area (Å²) in [6.45, 7) is 0.856. The van der Waals surface area contributed by atoms with Gasteiger partial charge in [-0.25, -0.2) is 0 Å². The van der Waals surface area contributed by atoms with Gasteiger partial charge in [0.25, 0.3) is 0 Å². The van der Waals surface area contributed by atoms with Gasteiger partial charge in [-0.15, -0.1) is 0 Å². The first-order valence-electron chi connectivity index (χ1n) is 4.49. The number of H-pyrrole nitrogens is 1. The number of aromatic amines is 1. The lowest BCUT2D eigenvalue weighted by atomic mass is 10.4. The van der Waals surface area contributed by atoms with E-state index in [4.69, 9.17) is 5.73 Å². The second-order valence-electron chi connectivity index (χ2n) is 3.06. The third-order valence-corrected chi connectivity index (χ3v) is 3.33. The van der Waals surface area contributed by atoms with Gasteiger partial charge in [-0.2, -0.15) is 17.8 Å². The average molecular weight is 233 g/mol. The van der Waals surface area contributed by atoms with Crippen LogP contribution < -0.4 is 10.5 Å². The predicted molar refractivity (Wildman–Crippen MR) is 57.4 cm³/mol. The Hall–Kier alpha value is -1.12. The Morgan fingerprint density at radius 2 is 2.40 bits per heavy atom. The van der Waals surface area contributed by atoms with Crippen molar-refractivity contribution in [1.29, 1.82) is 0 Å². The van der Waals surface area contributed by atoms with Gasteiger partial charge in [-0.1, -0.05) is 0 Å². The summed E-state index contributed by atoms with van der Waals surface area (Å²) < 4.78 is 26.9. The highest BCUT2D eigenvalue weighted by Gasteiger charge is 2.16. The number of hydrogen-bond acceptors (Lipinski definition) is 4. The van der Waals surface area contributed by atoms with Crippen molar-refractivity contribution in [2.75, 3.05) is 24.9 Å². The Morgan fingerprint density at radius 1 is 1.67 bits per heavy atom. The standard InChI is InChI=1S/C7H15N5O2S/c1-12(4-2-3-8)15(13,14)11-7-5-9-10-6-7/h5-6,11H,2-4,8H2,1H3,(H,9,10). The zero-order chi connectivity index (χ0) is 11.3. The lowest BCUT2D eigenvalue weighted by Gasteiger charge is -2.16. The first-order chi connectivity index (χ1) is 7.06.